The van der Waals surface area contributed by atoms with Gasteiger partial charge in [-0.2, -0.15) is 10.2 Å². The lowest BCUT2D eigenvalue weighted by Crippen LogP contribution is -1.98. The van der Waals surface area contributed by atoms with E-state index in [4.69, 9.17) is 0 Å². The first kappa shape index (κ1) is 13.3. The van der Waals surface area contributed by atoms with Crippen molar-refractivity contribution in [2.75, 3.05) is 0 Å². The summed E-state index contributed by atoms with van der Waals surface area (Å²) in [5.74, 6) is -0.0331. The van der Waals surface area contributed by atoms with E-state index >= 15 is 0 Å². The minimum Gasteiger partial charge on any atom is -0.289 e. The van der Waals surface area contributed by atoms with Crippen LogP contribution in [0.3, 0.4) is 0 Å². The molecule has 5 nitrogen and oxygen atoms in total. The first-order chi connectivity index (χ1) is 9.02. The smallest absolute Gasteiger partial charge is 0.189 e. The summed E-state index contributed by atoms with van der Waals surface area (Å²) in [7, 11) is 1.81. The summed E-state index contributed by atoms with van der Waals surface area (Å²) in [4.78, 5) is 12.1. The van der Waals surface area contributed by atoms with Crippen LogP contribution in [-0.4, -0.2) is 25.3 Å². The summed E-state index contributed by atoms with van der Waals surface area (Å²) >= 11 is 0. The molecule has 0 atom stereocenters. The van der Waals surface area contributed by atoms with Gasteiger partial charge in [0.2, 0.25) is 0 Å². The third-order valence-electron chi connectivity index (χ3n) is 3.13. The summed E-state index contributed by atoms with van der Waals surface area (Å²) < 4.78 is 3.55. The van der Waals surface area contributed by atoms with Crippen molar-refractivity contribution >= 4 is 11.9 Å². The number of ketones is 1. The molecule has 0 N–H and O–H groups in total. The molecule has 0 saturated carbocycles. The number of carbonyl (C=O) groups is 1. The van der Waals surface area contributed by atoms with Gasteiger partial charge in [0.05, 0.1) is 17.5 Å². The van der Waals surface area contributed by atoms with Crippen LogP contribution in [0.4, 0.5) is 0 Å². The first-order valence-corrected chi connectivity index (χ1v) is 6.28. The highest BCUT2D eigenvalue weighted by Gasteiger charge is 2.10. The van der Waals surface area contributed by atoms with Crippen molar-refractivity contribution in [3.63, 3.8) is 0 Å². The van der Waals surface area contributed by atoms with Gasteiger partial charge >= 0.3 is 0 Å². The number of aryl methyl sites for hydroxylation is 3. The van der Waals surface area contributed by atoms with Crippen molar-refractivity contribution in [2.24, 2.45) is 7.05 Å². The van der Waals surface area contributed by atoms with E-state index in [1.54, 1.807) is 23.2 Å². The van der Waals surface area contributed by atoms with Gasteiger partial charge in [-0.1, -0.05) is 0 Å². The van der Waals surface area contributed by atoms with Crippen LogP contribution >= 0.6 is 0 Å². The van der Waals surface area contributed by atoms with Gasteiger partial charge in [-0.15, -0.1) is 0 Å². The zero-order chi connectivity index (χ0) is 14.0. The largest absolute Gasteiger partial charge is 0.289 e. The fraction of sp³-hybridized carbons (Fsp3) is 0.357. The molecule has 0 amide bonds. The van der Waals surface area contributed by atoms with Gasteiger partial charge in [-0.05, 0) is 32.9 Å². The molecule has 0 radical (unpaired) electrons. The fourth-order valence-corrected chi connectivity index (χ4v) is 2.04. The Balaban J connectivity index is 2.20. The van der Waals surface area contributed by atoms with Crippen LogP contribution in [0.15, 0.2) is 18.5 Å². The summed E-state index contributed by atoms with van der Waals surface area (Å²) in [6.45, 7) is 6.70. The van der Waals surface area contributed by atoms with Crippen molar-refractivity contribution in [1.29, 1.82) is 0 Å². The Bertz CT molecular complexity index is 634. The Kier molecular flexibility index (Phi) is 3.64. The Morgan fingerprint density at radius 1 is 1.42 bits per heavy atom. The number of hydrogen-bond acceptors (Lipinski definition) is 3. The molecular formula is C14H18N4O. The normalized spacial score (nSPS) is 11.4. The lowest BCUT2D eigenvalue weighted by atomic mass is 10.1. The number of nitrogens with zero attached hydrogens (tertiary/aromatic N) is 4. The van der Waals surface area contributed by atoms with E-state index in [2.05, 4.69) is 10.2 Å². The molecular weight excluding hydrogens is 240 g/mol. The first-order valence-electron chi connectivity index (χ1n) is 6.28. The monoisotopic (exact) mass is 258 g/mol. The highest BCUT2D eigenvalue weighted by atomic mass is 16.1. The standard InChI is InChI=1S/C14H18N4O/c1-5-18-11(3)12(8-15-18)6-7-14(19)13-9-17(4)16-10(13)2/h6-9H,5H2,1-4H3/b7-6+. The molecule has 0 aliphatic heterocycles. The average molecular weight is 258 g/mol. The van der Waals surface area contributed by atoms with Crippen molar-refractivity contribution < 1.29 is 4.79 Å². The van der Waals surface area contributed by atoms with Gasteiger partial charge in [-0.3, -0.25) is 14.2 Å². The SMILES string of the molecule is CCn1ncc(/C=C/C(=O)c2cn(C)nc2C)c1C. The van der Waals surface area contributed by atoms with Crippen LogP contribution in [0.1, 0.15) is 34.2 Å². The highest BCUT2D eigenvalue weighted by Crippen LogP contribution is 2.11. The molecule has 0 spiro atoms. The van der Waals surface area contributed by atoms with Crippen LogP contribution in [0.2, 0.25) is 0 Å². The Labute approximate surface area is 112 Å². The fourth-order valence-electron chi connectivity index (χ4n) is 2.04. The van der Waals surface area contributed by atoms with Gasteiger partial charge in [0, 0.05) is 31.0 Å². The van der Waals surface area contributed by atoms with E-state index in [0.29, 0.717) is 5.56 Å². The van der Waals surface area contributed by atoms with E-state index in [1.807, 2.05) is 38.6 Å². The molecule has 0 aliphatic rings. The van der Waals surface area contributed by atoms with E-state index in [-0.39, 0.29) is 5.78 Å². The van der Waals surface area contributed by atoms with E-state index in [0.717, 1.165) is 23.5 Å². The molecule has 0 saturated heterocycles. The molecule has 2 aromatic heterocycles. The molecule has 0 aliphatic carbocycles. The van der Waals surface area contributed by atoms with Crippen molar-refractivity contribution in [3.8, 4) is 0 Å². The third kappa shape index (κ3) is 2.65. The predicted octanol–water partition coefficient (Wildman–Crippen LogP) is 2.15. The van der Waals surface area contributed by atoms with Crippen LogP contribution in [-0.2, 0) is 13.6 Å². The molecule has 0 bridgehead atoms. The lowest BCUT2D eigenvalue weighted by Gasteiger charge is -1.98. The molecule has 2 aromatic rings. The second kappa shape index (κ2) is 5.22. The van der Waals surface area contributed by atoms with Crippen LogP contribution in [0.25, 0.3) is 6.08 Å². The topological polar surface area (TPSA) is 52.7 Å². The third-order valence-corrected chi connectivity index (χ3v) is 3.13. The quantitative estimate of drug-likeness (QED) is 0.623. The minimum absolute atomic E-state index is 0.0331. The van der Waals surface area contributed by atoms with Crippen molar-refractivity contribution in [1.82, 2.24) is 19.6 Å². The number of aromatic nitrogens is 4. The van der Waals surface area contributed by atoms with Crippen molar-refractivity contribution in [3.05, 3.63) is 41.0 Å². The molecule has 100 valence electrons. The Hall–Kier alpha value is -2.17. The number of hydrogen-bond donors (Lipinski definition) is 0. The van der Waals surface area contributed by atoms with Crippen LogP contribution in [0, 0.1) is 13.8 Å². The maximum atomic E-state index is 12.1. The molecule has 0 aromatic carbocycles. The number of rotatable bonds is 4. The maximum Gasteiger partial charge on any atom is 0.189 e. The number of allylic oxidation sites excluding steroid dienone is 1. The van der Waals surface area contributed by atoms with Crippen LogP contribution < -0.4 is 0 Å². The molecule has 19 heavy (non-hydrogen) atoms. The summed E-state index contributed by atoms with van der Waals surface area (Å²) in [5.41, 5.74) is 3.42. The van der Waals surface area contributed by atoms with Gasteiger partial charge in [0.25, 0.3) is 0 Å². The highest BCUT2D eigenvalue weighted by molar-refractivity contribution is 6.07. The summed E-state index contributed by atoms with van der Waals surface area (Å²) in [6.07, 6.45) is 6.90. The Morgan fingerprint density at radius 3 is 2.68 bits per heavy atom. The Morgan fingerprint density at radius 2 is 2.16 bits per heavy atom. The second-order valence-corrected chi connectivity index (χ2v) is 4.50. The minimum atomic E-state index is -0.0331. The van der Waals surface area contributed by atoms with E-state index in [9.17, 15) is 4.79 Å². The summed E-state index contributed by atoms with van der Waals surface area (Å²) in [6, 6.07) is 0. The van der Waals surface area contributed by atoms with Gasteiger partial charge in [0.15, 0.2) is 5.78 Å². The molecule has 0 fully saturated rings. The molecule has 0 unspecified atom stereocenters. The van der Waals surface area contributed by atoms with Gasteiger partial charge in [0.1, 0.15) is 0 Å². The van der Waals surface area contributed by atoms with Gasteiger partial charge < -0.3 is 0 Å². The maximum absolute atomic E-state index is 12.1. The summed E-state index contributed by atoms with van der Waals surface area (Å²) in [5, 5.41) is 8.41. The molecule has 2 heterocycles. The van der Waals surface area contributed by atoms with Gasteiger partial charge in [-0.25, -0.2) is 0 Å². The van der Waals surface area contributed by atoms with E-state index < -0.39 is 0 Å². The average Bonchev–Trinajstić information content (AvgIpc) is 2.89. The predicted molar refractivity (Wildman–Crippen MR) is 73.9 cm³/mol. The van der Waals surface area contributed by atoms with E-state index in [1.165, 1.54) is 0 Å². The zero-order valence-electron chi connectivity index (χ0n) is 11.7. The number of carbonyl (C=O) groups excluding carboxylic acids is 1. The molecule has 5 heteroatoms. The van der Waals surface area contributed by atoms with Crippen LogP contribution in [0.5, 0.6) is 0 Å². The zero-order valence-corrected chi connectivity index (χ0v) is 11.7. The van der Waals surface area contributed by atoms with Crippen molar-refractivity contribution in [2.45, 2.75) is 27.3 Å². The lowest BCUT2D eigenvalue weighted by molar-refractivity contribution is 0.104. The molecule has 2 rings (SSSR count). The second-order valence-electron chi connectivity index (χ2n) is 4.50.